The molecule has 1 aromatic rings. The first-order valence-electron chi connectivity index (χ1n) is 7.01. The van der Waals surface area contributed by atoms with Crippen LogP contribution in [0.4, 0.5) is 0 Å². The molecule has 1 rings (SSSR count). The second-order valence-electron chi connectivity index (χ2n) is 4.67. The zero-order chi connectivity index (χ0) is 15.0. The van der Waals surface area contributed by atoms with E-state index in [-0.39, 0.29) is 0 Å². The van der Waals surface area contributed by atoms with Gasteiger partial charge < -0.3 is 14.8 Å². The standard InChI is InChI=1S/C16H24BrNO2/c1-5-18-11-13-9-14(17)16(15(10-13)19-6-2)20-8-7-12(3)4/h9-10,18H,3,5-8,11H2,1-2,4H3. The summed E-state index contributed by atoms with van der Waals surface area (Å²) >= 11 is 3.57. The summed E-state index contributed by atoms with van der Waals surface area (Å²) in [6, 6.07) is 4.11. The average molecular weight is 342 g/mol. The fourth-order valence-corrected chi connectivity index (χ4v) is 2.33. The molecule has 0 radical (unpaired) electrons. The zero-order valence-corrected chi connectivity index (χ0v) is 14.2. The number of hydrogen-bond donors (Lipinski definition) is 1. The van der Waals surface area contributed by atoms with Gasteiger partial charge in [-0.15, -0.1) is 6.58 Å². The Kier molecular flexibility index (Phi) is 7.70. The fourth-order valence-electron chi connectivity index (χ4n) is 1.72. The van der Waals surface area contributed by atoms with Gasteiger partial charge in [-0.05, 0) is 54.0 Å². The van der Waals surface area contributed by atoms with Crippen molar-refractivity contribution in [1.82, 2.24) is 5.32 Å². The smallest absolute Gasteiger partial charge is 0.175 e. The number of hydrogen-bond acceptors (Lipinski definition) is 3. The highest BCUT2D eigenvalue weighted by Gasteiger charge is 2.12. The summed E-state index contributed by atoms with van der Waals surface area (Å²) < 4.78 is 12.5. The first kappa shape index (κ1) is 17.1. The van der Waals surface area contributed by atoms with Gasteiger partial charge in [0, 0.05) is 13.0 Å². The first-order valence-corrected chi connectivity index (χ1v) is 7.80. The van der Waals surface area contributed by atoms with E-state index in [2.05, 4.69) is 40.8 Å². The lowest BCUT2D eigenvalue weighted by Crippen LogP contribution is -2.12. The number of nitrogens with one attached hydrogen (secondary N) is 1. The van der Waals surface area contributed by atoms with Crippen LogP contribution in [0.25, 0.3) is 0 Å². The first-order chi connectivity index (χ1) is 9.58. The molecule has 0 amide bonds. The molecule has 112 valence electrons. The van der Waals surface area contributed by atoms with Gasteiger partial charge in [-0.3, -0.25) is 0 Å². The quantitative estimate of drug-likeness (QED) is 0.679. The monoisotopic (exact) mass is 341 g/mol. The van der Waals surface area contributed by atoms with E-state index in [1.54, 1.807) is 0 Å². The van der Waals surface area contributed by atoms with Gasteiger partial charge in [0.25, 0.3) is 0 Å². The topological polar surface area (TPSA) is 30.5 Å². The van der Waals surface area contributed by atoms with Crippen molar-refractivity contribution in [2.45, 2.75) is 33.7 Å². The minimum atomic E-state index is 0.612. The predicted molar refractivity (Wildman–Crippen MR) is 87.6 cm³/mol. The van der Waals surface area contributed by atoms with Crippen LogP contribution < -0.4 is 14.8 Å². The summed E-state index contributed by atoms with van der Waals surface area (Å²) in [6.07, 6.45) is 0.844. The highest BCUT2D eigenvalue weighted by molar-refractivity contribution is 9.10. The SMILES string of the molecule is C=C(C)CCOc1c(Br)cc(CNCC)cc1OCC. The molecule has 0 spiro atoms. The molecule has 0 aliphatic heterocycles. The average Bonchev–Trinajstić information content (AvgIpc) is 2.39. The molecule has 20 heavy (non-hydrogen) atoms. The molecule has 0 aliphatic rings. The molecule has 1 aromatic carbocycles. The van der Waals surface area contributed by atoms with Crippen molar-refractivity contribution in [3.63, 3.8) is 0 Å². The van der Waals surface area contributed by atoms with Crippen LogP contribution in [0.5, 0.6) is 11.5 Å². The zero-order valence-electron chi connectivity index (χ0n) is 12.6. The Morgan fingerprint density at radius 3 is 2.65 bits per heavy atom. The van der Waals surface area contributed by atoms with Crippen molar-refractivity contribution < 1.29 is 9.47 Å². The summed E-state index contributed by atoms with van der Waals surface area (Å²) in [7, 11) is 0. The van der Waals surface area contributed by atoms with Gasteiger partial charge in [0.15, 0.2) is 11.5 Å². The van der Waals surface area contributed by atoms with Crippen LogP contribution in [0.1, 0.15) is 32.8 Å². The van der Waals surface area contributed by atoms with Crippen LogP contribution >= 0.6 is 15.9 Å². The number of rotatable bonds is 9. The molecule has 0 saturated carbocycles. The summed E-state index contributed by atoms with van der Waals surface area (Å²) in [4.78, 5) is 0. The lowest BCUT2D eigenvalue weighted by Gasteiger charge is -2.15. The molecule has 1 N–H and O–H groups in total. The third kappa shape index (κ3) is 5.55. The second-order valence-corrected chi connectivity index (χ2v) is 5.53. The number of benzene rings is 1. The lowest BCUT2D eigenvalue weighted by molar-refractivity contribution is 0.277. The van der Waals surface area contributed by atoms with Crippen LogP contribution in [0, 0.1) is 0 Å². The van der Waals surface area contributed by atoms with Crippen molar-refractivity contribution in [2.24, 2.45) is 0 Å². The second kappa shape index (κ2) is 9.03. The Bertz CT molecular complexity index is 446. The third-order valence-corrected chi connectivity index (χ3v) is 3.31. The molecule has 0 aromatic heterocycles. The summed E-state index contributed by atoms with van der Waals surface area (Å²) in [5, 5.41) is 3.31. The van der Waals surface area contributed by atoms with E-state index in [1.807, 2.05) is 19.9 Å². The van der Waals surface area contributed by atoms with E-state index in [9.17, 15) is 0 Å². The van der Waals surface area contributed by atoms with Gasteiger partial charge in [0.1, 0.15) is 0 Å². The van der Waals surface area contributed by atoms with Crippen molar-refractivity contribution in [3.05, 3.63) is 34.3 Å². The molecule has 0 bridgehead atoms. The number of ether oxygens (including phenoxy) is 2. The Morgan fingerprint density at radius 1 is 1.30 bits per heavy atom. The van der Waals surface area contributed by atoms with Gasteiger partial charge in [0.2, 0.25) is 0 Å². The molecule has 0 saturated heterocycles. The van der Waals surface area contributed by atoms with Gasteiger partial charge >= 0.3 is 0 Å². The lowest BCUT2D eigenvalue weighted by atomic mass is 10.2. The van der Waals surface area contributed by atoms with E-state index in [1.165, 1.54) is 5.56 Å². The molecule has 4 heteroatoms. The van der Waals surface area contributed by atoms with Crippen LogP contribution in [0.2, 0.25) is 0 Å². The van der Waals surface area contributed by atoms with Crippen LogP contribution in [-0.2, 0) is 6.54 Å². The Balaban J connectivity index is 2.87. The molecule has 0 unspecified atom stereocenters. The fraction of sp³-hybridized carbons (Fsp3) is 0.500. The van der Waals surface area contributed by atoms with E-state index in [0.717, 1.165) is 41.1 Å². The van der Waals surface area contributed by atoms with Crippen LogP contribution in [0.3, 0.4) is 0 Å². The molecule has 0 fully saturated rings. The Labute approximate surface area is 130 Å². The largest absolute Gasteiger partial charge is 0.490 e. The Hall–Kier alpha value is -1.00. The minimum absolute atomic E-state index is 0.612. The van der Waals surface area contributed by atoms with E-state index in [4.69, 9.17) is 9.47 Å². The highest BCUT2D eigenvalue weighted by Crippen LogP contribution is 2.37. The molecular weight excluding hydrogens is 318 g/mol. The van der Waals surface area contributed by atoms with Gasteiger partial charge in [0.05, 0.1) is 17.7 Å². The van der Waals surface area contributed by atoms with Crippen LogP contribution in [-0.4, -0.2) is 19.8 Å². The maximum Gasteiger partial charge on any atom is 0.175 e. The molecule has 3 nitrogen and oxygen atoms in total. The van der Waals surface area contributed by atoms with Crippen molar-refractivity contribution in [2.75, 3.05) is 19.8 Å². The van der Waals surface area contributed by atoms with Crippen molar-refractivity contribution in [3.8, 4) is 11.5 Å². The molecule has 0 atom stereocenters. The number of halogens is 1. The Morgan fingerprint density at radius 2 is 2.05 bits per heavy atom. The maximum absolute atomic E-state index is 5.84. The van der Waals surface area contributed by atoms with Gasteiger partial charge in [-0.2, -0.15) is 0 Å². The summed E-state index contributed by atoms with van der Waals surface area (Å²) in [5.74, 6) is 1.56. The van der Waals surface area contributed by atoms with Gasteiger partial charge in [-0.1, -0.05) is 12.5 Å². The summed E-state index contributed by atoms with van der Waals surface area (Å²) in [5.41, 5.74) is 2.29. The van der Waals surface area contributed by atoms with E-state index >= 15 is 0 Å². The van der Waals surface area contributed by atoms with E-state index in [0.29, 0.717) is 13.2 Å². The van der Waals surface area contributed by atoms with Crippen molar-refractivity contribution in [1.29, 1.82) is 0 Å². The van der Waals surface area contributed by atoms with Crippen LogP contribution in [0.15, 0.2) is 28.8 Å². The minimum Gasteiger partial charge on any atom is -0.490 e. The van der Waals surface area contributed by atoms with Crippen molar-refractivity contribution >= 4 is 15.9 Å². The highest BCUT2D eigenvalue weighted by atomic mass is 79.9. The third-order valence-electron chi connectivity index (χ3n) is 2.72. The molecule has 0 aliphatic carbocycles. The molecular formula is C16H24BrNO2. The summed E-state index contributed by atoms with van der Waals surface area (Å²) in [6.45, 7) is 12.9. The van der Waals surface area contributed by atoms with E-state index < -0.39 is 0 Å². The predicted octanol–water partition coefficient (Wildman–Crippen LogP) is 4.30. The maximum atomic E-state index is 5.84. The van der Waals surface area contributed by atoms with Gasteiger partial charge in [-0.25, -0.2) is 0 Å². The molecule has 0 heterocycles. The normalized spacial score (nSPS) is 10.4.